The molecule has 2 aromatic carbocycles. The van der Waals surface area contributed by atoms with Crippen molar-refractivity contribution in [2.45, 2.75) is 24.7 Å². The van der Waals surface area contributed by atoms with Crippen molar-refractivity contribution in [3.05, 3.63) is 83.6 Å². The summed E-state index contributed by atoms with van der Waals surface area (Å²) in [4.78, 5) is 17.4. The molecular formula is C24H24N2O3. The van der Waals surface area contributed by atoms with Crippen molar-refractivity contribution >= 4 is 11.7 Å². The van der Waals surface area contributed by atoms with E-state index in [1.165, 1.54) is 0 Å². The summed E-state index contributed by atoms with van der Waals surface area (Å²) in [6.45, 7) is 0. The molecule has 1 heterocycles. The third-order valence-electron chi connectivity index (χ3n) is 5.42. The normalized spacial score (nSPS) is 14.1. The maximum absolute atomic E-state index is 13.0. The molecule has 1 fully saturated rings. The molecule has 0 atom stereocenters. The van der Waals surface area contributed by atoms with E-state index in [2.05, 4.69) is 16.4 Å². The van der Waals surface area contributed by atoms with Gasteiger partial charge >= 0.3 is 0 Å². The minimum absolute atomic E-state index is 0.0324. The summed E-state index contributed by atoms with van der Waals surface area (Å²) in [5.41, 5.74) is 2.64. The second kappa shape index (κ2) is 7.95. The minimum atomic E-state index is -0.520. The van der Waals surface area contributed by atoms with Crippen LogP contribution >= 0.6 is 0 Å². The second-order valence-corrected chi connectivity index (χ2v) is 7.32. The minimum Gasteiger partial charge on any atom is -0.497 e. The Labute approximate surface area is 170 Å². The van der Waals surface area contributed by atoms with Crippen molar-refractivity contribution in [1.82, 2.24) is 4.98 Å². The Bertz CT molecular complexity index is 1010. The van der Waals surface area contributed by atoms with E-state index in [0.29, 0.717) is 5.82 Å². The lowest BCUT2D eigenvalue weighted by Crippen LogP contribution is -2.28. The molecule has 3 aromatic rings. The Balaban J connectivity index is 1.45. The SMILES string of the molecule is COc1cccc(Cc2ccc(NC(=O)C3(c4ccccc4OC)CC3)nc2)c1. The molecule has 5 nitrogen and oxygen atoms in total. The number of benzene rings is 2. The van der Waals surface area contributed by atoms with Gasteiger partial charge in [-0.05, 0) is 54.7 Å². The van der Waals surface area contributed by atoms with E-state index in [0.717, 1.165) is 47.5 Å². The van der Waals surface area contributed by atoms with Crippen LogP contribution in [0.3, 0.4) is 0 Å². The van der Waals surface area contributed by atoms with Crippen molar-refractivity contribution in [3.8, 4) is 11.5 Å². The maximum atomic E-state index is 13.0. The Morgan fingerprint density at radius 2 is 1.83 bits per heavy atom. The zero-order valence-electron chi connectivity index (χ0n) is 16.6. The van der Waals surface area contributed by atoms with Gasteiger partial charge < -0.3 is 14.8 Å². The van der Waals surface area contributed by atoms with Gasteiger partial charge in [0.25, 0.3) is 0 Å². The zero-order valence-corrected chi connectivity index (χ0v) is 16.6. The van der Waals surface area contributed by atoms with Gasteiger partial charge in [0.15, 0.2) is 0 Å². The van der Waals surface area contributed by atoms with Crippen LogP contribution < -0.4 is 14.8 Å². The van der Waals surface area contributed by atoms with Gasteiger partial charge in [-0.15, -0.1) is 0 Å². The van der Waals surface area contributed by atoms with Crippen molar-refractivity contribution < 1.29 is 14.3 Å². The predicted molar refractivity (Wildman–Crippen MR) is 113 cm³/mol. The first-order valence-electron chi connectivity index (χ1n) is 9.67. The molecule has 5 heteroatoms. The summed E-state index contributed by atoms with van der Waals surface area (Å²) < 4.78 is 10.7. The first-order chi connectivity index (χ1) is 14.1. The highest BCUT2D eigenvalue weighted by Gasteiger charge is 2.52. The number of para-hydroxylation sites is 1. The van der Waals surface area contributed by atoms with Crippen molar-refractivity contribution in [1.29, 1.82) is 0 Å². The van der Waals surface area contributed by atoms with Gasteiger partial charge in [0.05, 0.1) is 19.6 Å². The molecule has 1 aliphatic carbocycles. The van der Waals surface area contributed by atoms with Crippen LogP contribution in [-0.2, 0) is 16.6 Å². The molecular weight excluding hydrogens is 364 g/mol. The summed E-state index contributed by atoms with van der Waals surface area (Å²) in [7, 11) is 3.30. The number of hydrogen-bond donors (Lipinski definition) is 1. The van der Waals surface area contributed by atoms with E-state index in [1.54, 1.807) is 20.4 Å². The number of amides is 1. The number of carbonyl (C=O) groups excluding carboxylic acids is 1. The lowest BCUT2D eigenvalue weighted by Gasteiger charge is -2.18. The molecule has 29 heavy (non-hydrogen) atoms. The summed E-state index contributed by atoms with van der Waals surface area (Å²) >= 11 is 0. The molecule has 0 saturated heterocycles. The van der Waals surface area contributed by atoms with Crippen LogP contribution in [0.1, 0.15) is 29.5 Å². The molecule has 148 valence electrons. The molecule has 1 N–H and O–H groups in total. The van der Waals surface area contributed by atoms with Crippen molar-refractivity contribution in [2.24, 2.45) is 0 Å². The van der Waals surface area contributed by atoms with E-state index >= 15 is 0 Å². The van der Waals surface area contributed by atoms with E-state index in [1.807, 2.05) is 54.6 Å². The van der Waals surface area contributed by atoms with Crippen LogP contribution in [0.4, 0.5) is 5.82 Å². The summed E-state index contributed by atoms with van der Waals surface area (Å²) in [5, 5.41) is 2.98. The fourth-order valence-corrected chi connectivity index (χ4v) is 3.64. The molecule has 0 unspecified atom stereocenters. The fraction of sp³-hybridized carbons (Fsp3) is 0.250. The van der Waals surface area contributed by atoms with Crippen LogP contribution in [0, 0.1) is 0 Å². The number of rotatable bonds is 7. The molecule has 4 rings (SSSR count). The second-order valence-electron chi connectivity index (χ2n) is 7.32. The van der Waals surface area contributed by atoms with Gasteiger partial charge in [-0.25, -0.2) is 4.98 Å². The number of nitrogens with zero attached hydrogens (tertiary/aromatic N) is 1. The average Bonchev–Trinajstić information content (AvgIpc) is 3.57. The predicted octanol–water partition coefficient (Wildman–Crippen LogP) is 4.36. The third-order valence-corrected chi connectivity index (χ3v) is 5.42. The lowest BCUT2D eigenvalue weighted by molar-refractivity contribution is -0.118. The number of pyridine rings is 1. The number of methoxy groups -OCH3 is 2. The van der Waals surface area contributed by atoms with Crippen LogP contribution in [0.2, 0.25) is 0 Å². The summed E-state index contributed by atoms with van der Waals surface area (Å²) in [6, 6.07) is 19.5. The van der Waals surface area contributed by atoms with Gasteiger partial charge in [-0.2, -0.15) is 0 Å². The van der Waals surface area contributed by atoms with E-state index in [9.17, 15) is 4.79 Å². The Morgan fingerprint density at radius 1 is 1.00 bits per heavy atom. The number of carbonyl (C=O) groups is 1. The lowest BCUT2D eigenvalue weighted by atomic mass is 9.94. The van der Waals surface area contributed by atoms with Gasteiger partial charge in [0.2, 0.25) is 5.91 Å². The molecule has 0 radical (unpaired) electrons. The third kappa shape index (κ3) is 3.94. The molecule has 0 bridgehead atoms. The maximum Gasteiger partial charge on any atom is 0.236 e. The highest BCUT2D eigenvalue weighted by Crippen LogP contribution is 2.51. The van der Waals surface area contributed by atoms with Crippen LogP contribution in [0.5, 0.6) is 11.5 Å². The van der Waals surface area contributed by atoms with E-state index in [4.69, 9.17) is 9.47 Å². The first kappa shape index (κ1) is 19.0. The number of hydrogen-bond acceptors (Lipinski definition) is 4. The Morgan fingerprint density at radius 3 is 2.52 bits per heavy atom. The van der Waals surface area contributed by atoms with Gasteiger partial charge in [0, 0.05) is 11.8 Å². The molecule has 0 aliphatic heterocycles. The smallest absolute Gasteiger partial charge is 0.236 e. The van der Waals surface area contributed by atoms with Crippen LogP contribution in [0.25, 0.3) is 0 Å². The van der Waals surface area contributed by atoms with E-state index < -0.39 is 5.41 Å². The van der Waals surface area contributed by atoms with Gasteiger partial charge in [-0.1, -0.05) is 36.4 Å². The fourth-order valence-electron chi connectivity index (χ4n) is 3.64. The number of ether oxygens (including phenoxy) is 2. The highest BCUT2D eigenvalue weighted by atomic mass is 16.5. The standard InChI is InChI=1S/C24H24N2O3/c1-28-19-7-5-6-17(15-19)14-18-10-11-22(25-16-18)26-23(27)24(12-13-24)20-8-3-4-9-21(20)29-2/h3-11,15-16H,12-14H2,1-2H3,(H,25,26,27). The Kier molecular flexibility index (Phi) is 5.21. The summed E-state index contributed by atoms with van der Waals surface area (Å²) in [6.07, 6.45) is 4.18. The highest BCUT2D eigenvalue weighted by molar-refractivity contribution is 6.01. The number of anilines is 1. The number of nitrogens with one attached hydrogen (secondary N) is 1. The van der Waals surface area contributed by atoms with Crippen molar-refractivity contribution in [2.75, 3.05) is 19.5 Å². The molecule has 1 amide bonds. The molecule has 1 aliphatic rings. The Hall–Kier alpha value is -3.34. The van der Waals surface area contributed by atoms with E-state index in [-0.39, 0.29) is 5.91 Å². The monoisotopic (exact) mass is 388 g/mol. The zero-order chi connectivity index (χ0) is 20.3. The average molecular weight is 388 g/mol. The summed E-state index contributed by atoms with van der Waals surface area (Å²) in [5.74, 6) is 2.12. The topological polar surface area (TPSA) is 60.5 Å². The molecule has 1 aromatic heterocycles. The van der Waals surface area contributed by atoms with Crippen molar-refractivity contribution in [3.63, 3.8) is 0 Å². The van der Waals surface area contributed by atoms with Gasteiger partial charge in [0.1, 0.15) is 17.3 Å². The van der Waals surface area contributed by atoms with Gasteiger partial charge in [-0.3, -0.25) is 4.79 Å². The largest absolute Gasteiger partial charge is 0.497 e. The quantitative estimate of drug-likeness (QED) is 0.653. The molecule has 0 spiro atoms. The number of aromatic nitrogens is 1. The van der Waals surface area contributed by atoms with Crippen LogP contribution in [0.15, 0.2) is 66.9 Å². The first-order valence-corrected chi connectivity index (χ1v) is 9.67. The van der Waals surface area contributed by atoms with Crippen LogP contribution in [-0.4, -0.2) is 25.1 Å². The molecule has 1 saturated carbocycles.